The van der Waals surface area contributed by atoms with E-state index in [1.165, 1.54) is 38.8 Å². The fraction of sp³-hybridized carbons (Fsp3) is 0.875. The van der Waals surface area contributed by atoms with Crippen molar-refractivity contribution in [3.63, 3.8) is 0 Å². The third-order valence-corrected chi connectivity index (χ3v) is 4.76. The molecular formula is C16H30N2. The summed E-state index contributed by atoms with van der Waals surface area (Å²) in [6, 6.07) is 0.741. The SMILES string of the molecule is CCCC(C)C1=C2C(C)CC(C)N2CCCN1C. The van der Waals surface area contributed by atoms with Crippen molar-refractivity contribution in [2.75, 3.05) is 20.1 Å². The molecule has 0 saturated carbocycles. The molecule has 0 aromatic rings. The summed E-state index contributed by atoms with van der Waals surface area (Å²) < 4.78 is 0. The van der Waals surface area contributed by atoms with Crippen LogP contribution in [-0.4, -0.2) is 36.0 Å². The van der Waals surface area contributed by atoms with Crippen molar-refractivity contribution in [2.24, 2.45) is 11.8 Å². The molecule has 0 bridgehead atoms. The van der Waals surface area contributed by atoms with Gasteiger partial charge in [0.15, 0.2) is 0 Å². The highest BCUT2D eigenvalue weighted by Crippen LogP contribution is 2.40. The average molecular weight is 250 g/mol. The lowest BCUT2D eigenvalue weighted by molar-refractivity contribution is 0.310. The van der Waals surface area contributed by atoms with Crippen molar-refractivity contribution >= 4 is 0 Å². The Morgan fingerprint density at radius 2 is 2.00 bits per heavy atom. The van der Waals surface area contributed by atoms with Crippen molar-refractivity contribution in [1.29, 1.82) is 0 Å². The maximum absolute atomic E-state index is 2.70. The van der Waals surface area contributed by atoms with Crippen LogP contribution in [0.5, 0.6) is 0 Å². The maximum Gasteiger partial charge on any atom is 0.0362 e. The minimum Gasteiger partial charge on any atom is -0.376 e. The first-order valence-electron chi connectivity index (χ1n) is 7.78. The molecular weight excluding hydrogens is 220 g/mol. The van der Waals surface area contributed by atoms with E-state index in [1.54, 1.807) is 11.4 Å². The van der Waals surface area contributed by atoms with Crippen molar-refractivity contribution in [2.45, 2.75) is 59.4 Å². The molecule has 3 unspecified atom stereocenters. The maximum atomic E-state index is 2.70. The number of fused-ring (bicyclic) bond motifs is 1. The van der Waals surface area contributed by atoms with Gasteiger partial charge in [0, 0.05) is 37.6 Å². The van der Waals surface area contributed by atoms with E-state index in [1.807, 2.05) is 0 Å². The monoisotopic (exact) mass is 250 g/mol. The molecule has 0 N–H and O–H groups in total. The predicted molar refractivity (Wildman–Crippen MR) is 78.3 cm³/mol. The second-order valence-electron chi connectivity index (χ2n) is 6.41. The Labute approximate surface area is 113 Å². The zero-order chi connectivity index (χ0) is 13.3. The lowest BCUT2D eigenvalue weighted by atomic mass is 9.95. The van der Waals surface area contributed by atoms with Crippen LogP contribution in [0, 0.1) is 11.8 Å². The normalized spacial score (nSPS) is 30.5. The van der Waals surface area contributed by atoms with E-state index >= 15 is 0 Å². The molecule has 104 valence electrons. The van der Waals surface area contributed by atoms with Crippen LogP contribution in [0.25, 0.3) is 0 Å². The molecule has 2 rings (SSSR count). The fourth-order valence-electron chi connectivity index (χ4n) is 4.00. The van der Waals surface area contributed by atoms with Crippen LogP contribution in [0.4, 0.5) is 0 Å². The number of hydrogen-bond donors (Lipinski definition) is 0. The van der Waals surface area contributed by atoms with Gasteiger partial charge in [0.2, 0.25) is 0 Å². The van der Waals surface area contributed by atoms with E-state index in [-0.39, 0.29) is 0 Å². The topological polar surface area (TPSA) is 6.48 Å². The van der Waals surface area contributed by atoms with Gasteiger partial charge in [-0.1, -0.05) is 27.2 Å². The van der Waals surface area contributed by atoms with Crippen LogP contribution in [0.1, 0.15) is 53.4 Å². The van der Waals surface area contributed by atoms with Crippen LogP contribution in [0.3, 0.4) is 0 Å². The van der Waals surface area contributed by atoms with Gasteiger partial charge in [0.25, 0.3) is 0 Å². The van der Waals surface area contributed by atoms with Crippen LogP contribution < -0.4 is 0 Å². The molecule has 2 heteroatoms. The highest BCUT2D eigenvalue weighted by atomic mass is 15.2. The van der Waals surface area contributed by atoms with Gasteiger partial charge in [0.05, 0.1) is 0 Å². The molecule has 0 spiro atoms. The van der Waals surface area contributed by atoms with Gasteiger partial charge in [-0.05, 0) is 38.0 Å². The number of nitrogens with zero attached hydrogens (tertiary/aromatic N) is 2. The molecule has 18 heavy (non-hydrogen) atoms. The summed E-state index contributed by atoms with van der Waals surface area (Å²) in [4.78, 5) is 5.25. The van der Waals surface area contributed by atoms with Crippen LogP contribution in [0.15, 0.2) is 11.4 Å². The molecule has 1 fully saturated rings. The Kier molecular flexibility index (Phi) is 4.24. The van der Waals surface area contributed by atoms with Crippen molar-refractivity contribution in [3.05, 3.63) is 11.4 Å². The van der Waals surface area contributed by atoms with Gasteiger partial charge in [-0.15, -0.1) is 0 Å². The van der Waals surface area contributed by atoms with Crippen molar-refractivity contribution in [1.82, 2.24) is 9.80 Å². The van der Waals surface area contributed by atoms with E-state index in [4.69, 9.17) is 0 Å². The third-order valence-electron chi connectivity index (χ3n) is 4.76. The standard InChI is InChI=1S/C16H30N2/c1-6-8-12(2)15-16-13(3)11-14(4)18(16)10-7-9-17(15)5/h12-14H,6-11H2,1-5H3. The van der Waals surface area contributed by atoms with Gasteiger partial charge in [-0.2, -0.15) is 0 Å². The first-order chi connectivity index (χ1) is 8.56. The summed E-state index contributed by atoms with van der Waals surface area (Å²) in [6.07, 6.45) is 5.25. The van der Waals surface area contributed by atoms with E-state index in [0.717, 1.165) is 12.0 Å². The molecule has 2 heterocycles. The molecule has 3 atom stereocenters. The molecule has 2 aliphatic rings. The molecule has 0 aliphatic carbocycles. The lowest BCUT2D eigenvalue weighted by Gasteiger charge is -2.31. The number of hydrogen-bond acceptors (Lipinski definition) is 2. The van der Waals surface area contributed by atoms with Crippen LogP contribution in [0.2, 0.25) is 0 Å². The van der Waals surface area contributed by atoms with E-state index < -0.39 is 0 Å². The Morgan fingerprint density at radius 3 is 2.67 bits per heavy atom. The Hall–Kier alpha value is -0.660. The minimum absolute atomic E-state index is 0.711. The molecule has 2 aliphatic heterocycles. The second kappa shape index (κ2) is 5.54. The zero-order valence-electron chi connectivity index (χ0n) is 12.9. The first kappa shape index (κ1) is 13.8. The van der Waals surface area contributed by atoms with Crippen LogP contribution in [-0.2, 0) is 0 Å². The van der Waals surface area contributed by atoms with Crippen LogP contribution >= 0.6 is 0 Å². The molecule has 2 nitrogen and oxygen atoms in total. The number of rotatable bonds is 3. The van der Waals surface area contributed by atoms with Gasteiger partial charge in [-0.25, -0.2) is 0 Å². The quantitative estimate of drug-likeness (QED) is 0.753. The van der Waals surface area contributed by atoms with E-state index in [9.17, 15) is 0 Å². The number of allylic oxidation sites excluding steroid dienone is 2. The molecule has 0 radical (unpaired) electrons. The Morgan fingerprint density at radius 1 is 1.28 bits per heavy atom. The second-order valence-corrected chi connectivity index (χ2v) is 6.41. The van der Waals surface area contributed by atoms with Gasteiger partial charge in [0.1, 0.15) is 0 Å². The molecule has 0 aromatic heterocycles. The lowest BCUT2D eigenvalue weighted by Crippen LogP contribution is -2.28. The Balaban J connectivity index is 2.38. The summed E-state index contributed by atoms with van der Waals surface area (Å²) in [5.41, 5.74) is 3.31. The highest BCUT2D eigenvalue weighted by molar-refractivity contribution is 5.22. The summed E-state index contributed by atoms with van der Waals surface area (Å²) >= 11 is 0. The minimum atomic E-state index is 0.711. The molecule has 1 saturated heterocycles. The van der Waals surface area contributed by atoms with Gasteiger partial charge < -0.3 is 9.80 Å². The summed E-state index contributed by atoms with van der Waals surface area (Å²) in [5, 5.41) is 0. The summed E-state index contributed by atoms with van der Waals surface area (Å²) in [5.74, 6) is 1.46. The Bertz CT molecular complexity index is 321. The average Bonchev–Trinajstić information content (AvgIpc) is 2.49. The van der Waals surface area contributed by atoms with Gasteiger partial charge in [-0.3, -0.25) is 0 Å². The van der Waals surface area contributed by atoms with E-state index in [2.05, 4.69) is 44.5 Å². The predicted octanol–water partition coefficient (Wildman–Crippen LogP) is 3.70. The highest BCUT2D eigenvalue weighted by Gasteiger charge is 2.36. The largest absolute Gasteiger partial charge is 0.376 e. The fourth-order valence-corrected chi connectivity index (χ4v) is 4.00. The summed E-state index contributed by atoms with van der Waals surface area (Å²) in [6.45, 7) is 12.0. The van der Waals surface area contributed by atoms with Crippen molar-refractivity contribution < 1.29 is 0 Å². The smallest absolute Gasteiger partial charge is 0.0362 e. The first-order valence-corrected chi connectivity index (χ1v) is 7.78. The molecule has 0 amide bonds. The van der Waals surface area contributed by atoms with E-state index in [0.29, 0.717) is 5.92 Å². The van der Waals surface area contributed by atoms with Crippen molar-refractivity contribution in [3.8, 4) is 0 Å². The zero-order valence-corrected chi connectivity index (χ0v) is 12.9. The summed E-state index contributed by atoms with van der Waals surface area (Å²) in [7, 11) is 2.30. The third kappa shape index (κ3) is 2.39. The van der Waals surface area contributed by atoms with Gasteiger partial charge >= 0.3 is 0 Å². The molecule has 0 aromatic carbocycles.